The average Bonchev–Trinajstić information content (AvgIpc) is 3.32. The summed E-state index contributed by atoms with van der Waals surface area (Å²) in [6, 6.07) is 11.2. The summed E-state index contributed by atoms with van der Waals surface area (Å²) in [5.41, 5.74) is 3.79. The fourth-order valence-corrected chi connectivity index (χ4v) is 2.83. The van der Waals surface area contributed by atoms with E-state index in [9.17, 15) is 0 Å². The van der Waals surface area contributed by atoms with Crippen LogP contribution in [0.15, 0.2) is 47.2 Å². The second kappa shape index (κ2) is 6.58. The predicted molar refractivity (Wildman–Crippen MR) is 90.3 cm³/mol. The Hall–Kier alpha value is -1.39. The third-order valence-corrected chi connectivity index (χ3v) is 4.60. The van der Waals surface area contributed by atoms with Gasteiger partial charge < -0.3 is 10.2 Å². The Labute approximate surface area is 134 Å². The summed E-state index contributed by atoms with van der Waals surface area (Å²) in [4.78, 5) is 6.55. The van der Waals surface area contributed by atoms with Gasteiger partial charge in [-0.25, -0.2) is 0 Å². The maximum Gasteiger partial charge on any atom is 0.0598 e. The number of benzene rings is 1. The molecule has 0 aliphatic heterocycles. The largest absolute Gasteiger partial charge is 0.369 e. The van der Waals surface area contributed by atoms with Gasteiger partial charge in [0.25, 0.3) is 0 Å². The highest BCUT2D eigenvalue weighted by molar-refractivity contribution is 9.10. The van der Waals surface area contributed by atoms with Gasteiger partial charge in [0.2, 0.25) is 0 Å². The molecular formula is C17H20BrN3. The SMILES string of the molecule is CN(Cc1ccccc1Br)c1cnccc1CNC1CC1. The van der Waals surface area contributed by atoms with Crippen molar-refractivity contribution in [3.05, 3.63) is 58.3 Å². The molecule has 1 aromatic carbocycles. The van der Waals surface area contributed by atoms with Crippen molar-refractivity contribution in [2.45, 2.75) is 32.0 Å². The molecule has 2 aromatic rings. The summed E-state index contributed by atoms with van der Waals surface area (Å²) in [5, 5.41) is 3.58. The van der Waals surface area contributed by atoms with E-state index in [-0.39, 0.29) is 0 Å². The lowest BCUT2D eigenvalue weighted by Crippen LogP contribution is -2.22. The maximum atomic E-state index is 4.29. The van der Waals surface area contributed by atoms with Crippen LogP contribution in [0.25, 0.3) is 0 Å². The van der Waals surface area contributed by atoms with E-state index in [1.54, 1.807) is 0 Å². The Balaban J connectivity index is 1.74. The van der Waals surface area contributed by atoms with Gasteiger partial charge in [0.05, 0.1) is 11.9 Å². The molecular weight excluding hydrogens is 326 g/mol. The molecule has 1 heterocycles. The van der Waals surface area contributed by atoms with Crippen LogP contribution in [0.4, 0.5) is 5.69 Å². The normalized spacial score (nSPS) is 14.2. The Morgan fingerprint density at radius 3 is 2.81 bits per heavy atom. The molecule has 0 spiro atoms. The van der Waals surface area contributed by atoms with E-state index >= 15 is 0 Å². The Morgan fingerprint density at radius 2 is 2.05 bits per heavy atom. The number of hydrogen-bond donors (Lipinski definition) is 1. The standard InChI is InChI=1S/C17H20BrN3/c1-21(12-14-4-2-3-5-16(14)18)17-11-19-9-8-13(17)10-20-15-6-7-15/h2-5,8-9,11,15,20H,6-7,10,12H2,1H3. The van der Waals surface area contributed by atoms with Crippen LogP contribution in [0, 0.1) is 0 Å². The fourth-order valence-electron chi connectivity index (χ4n) is 2.42. The second-order valence-corrected chi connectivity index (χ2v) is 6.46. The molecule has 0 saturated heterocycles. The van der Waals surface area contributed by atoms with Crippen LogP contribution in [-0.4, -0.2) is 18.1 Å². The van der Waals surface area contributed by atoms with E-state index in [1.807, 2.05) is 18.5 Å². The number of hydrogen-bond acceptors (Lipinski definition) is 3. The van der Waals surface area contributed by atoms with Crippen LogP contribution >= 0.6 is 15.9 Å². The maximum absolute atomic E-state index is 4.29. The Morgan fingerprint density at radius 1 is 1.24 bits per heavy atom. The molecule has 1 aromatic heterocycles. The molecule has 0 amide bonds. The van der Waals surface area contributed by atoms with Crippen molar-refractivity contribution in [2.75, 3.05) is 11.9 Å². The second-order valence-electron chi connectivity index (χ2n) is 5.61. The zero-order valence-electron chi connectivity index (χ0n) is 12.2. The number of rotatable bonds is 6. The van der Waals surface area contributed by atoms with Gasteiger partial charge >= 0.3 is 0 Å². The van der Waals surface area contributed by atoms with Crippen LogP contribution in [0.3, 0.4) is 0 Å². The first-order chi connectivity index (χ1) is 10.2. The summed E-state index contributed by atoms with van der Waals surface area (Å²) in [6.45, 7) is 1.78. The average molecular weight is 346 g/mol. The minimum atomic E-state index is 0.722. The lowest BCUT2D eigenvalue weighted by Gasteiger charge is -2.23. The molecule has 3 nitrogen and oxygen atoms in total. The van der Waals surface area contributed by atoms with Crippen LogP contribution in [-0.2, 0) is 13.1 Å². The van der Waals surface area contributed by atoms with E-state index in [0.717, 1.165) is 23.6 Å². The third-order valence-electron chi connectivity index (χ3n) is 3.82. The highest BCUT2D eigenvalue weighted by Crippen LogP contribution is 2.25. The monoisotopic (exact) mass is 345 g/mol. The van der Waals surface area contributed by atoms with Crippen molar-refractivity contribution in [2.24, 2.45) is 0 Å². The molecule has 21 heavy (non-hydrogen) atoms. The first-order valence-corrected chi connectivity index (χ1v) is 8.14. The van der Waals surface area contributed by atoms with Crippen molar-refractivity contribution in [3.63, 3.8) is 0 Å². The first kappa shape index (κ1) is 14.5. The number of pyridine rings is 1. The number of aromatic nitrogens is 1. The molecule has 0 unspecified atom stereocenters. The van der Waals surface area contributed by atoms with Crippen molar-refractivity contribution in [1.29, 1.82) is 0 Å². The predicted octanol–water partition coefficient (Wildman–Crippen LogP) is 3.73. The molecule has 0 bridgehead atoms. The molecule has 3 rings (SSSR count). The van der Waals surface area contributed by atoms with E-state index in [1.165, 1.54) is 29.7 Å². The molecule has 4 heteroatoms. The Bertz CT molecular complexity index is 610. The number of nitrogens with zero attached hydrogens (tertiary/aromatic N) is 2. The van der Waals surface area contributed by atoms with Gasteiger partial charge in [0, 0.05) is 36.8 Å². The van der Waals surface area contributed by atoms with Crippen molar-refractivity contribution >= 4 is 21.6 Å². The molecule has 1 aliphatic carbocycles. The molecule has 1 N–H and O–H groups in total. The lowest BCUT2D eigenvalue weighted by atomic mass is 10.1. The van der Waals surface area contributed by atoms with Crippen molar-refractivity contribution in [3.8, 4) is 0 Å². The minimum absolute atomic E-state index is 0.722. The Kier molecular flexibility index (Phi) is 4.56. The fraction of sp³-hybridized carbons (Fsp3) is 0.353. The summed E-state index contributed by atoms with van der Waals surface area (Å²) >= 11 is 3.62. The summed E-state index contributed by atoms with van der Waals surface area (Å²) < 4.78 is 1.15. The molecule has 110 valence electrons. The van der Waals surface area contributed by atoms with Gasteiger partial charge in [-0.1, -0.05) is 34.1 Å². The molecule has 0 radical (unpaired) electrons. The zero-order chi connectivity index (χ0) is 14.7. The van der Waals surface area contributed by atoms with E-state index < -0.39 is 0 Å². The topological polar surface area (TPSA) is 28.2 Å². The van der Waals surface area contributed by atoms with Crippen LogP contribution in [0.1, 0.15) is 24.0 Å². The quantitative estimate of drug-likeness (QED) is 0.864. The van der Waals surface area contributed by atoms with Gasteiger partial charge in [0.1, 0.15) is 0 Å². The van der Waals surface area contributed by atoms with Crippen molar-refractivity contribution < 1.29 is 0 Å². The number of halogens is 1. The zero-order valence-corrected chi connectivity index (χ0v) is 13.8. The van der Waals surface area contributed by atoms with Crippen LogP contribution in [0.5, 0.6) is 0 Å². The smallest absolute Gasteiger partial charge is 0.0598 e. The number of anilines is 1. The number of nitrogens with one attached hydrogen (secondary N) is 1. The van der Waals surface area contributed by atoms with Gasteiger partial charge in [0.15, 0.2) is 0 Å². The van der Waals surface area contributed by atoms with Gasteiger partial charge in [-0.2, -0.15) is 0 Å². The molecule has 1 saturated carbocycles. The van der Waals surface area contributed by atoms with E-state index in [2.05, 4.69) is 62.4 Å². The highest BCUT2D eigenvalue weighted by Gasteiger charge is 2.20. The summed E-state index contributed by atoms with van der Waals surface area (Å²) in [5.74, 6) is 0. The van der Waals surface area contributed by atoms with Crippen molar-refractivity contribution in [1.82, 2.24) is 10.3 Å². The van der Waals surface area contributed by atoms with Gasteiger partial charge in [-0.3, -0.25) is 4.98 Å². The molecule has 1 fully saturated rings. The third kappa shape index (κ3) is 3.83. The molecule has 0 atom stereocenters. The van der Waals surface area contributed by atoms with Gasteiger partial charge in [-0.05, 0) is 36.1 Å². The summed E-state index contributed by atoms with van der Waals surface area (Å²) in [6.07, 6.45) is 6.46. The lowest BCUT2D eigenvalue weighted by molar-refractivity contribution is 0.684. The van der Waals surface area contributed by atoms with Crippen LogP contribution < -0.4 is 10.2 Å². The highest BCUT2D eigenvalue weighted by atomic mass is 79.9. The van der Waals surface area contributed by atoms with E-state index in [4.69, 9.17) is 0 Å². The van der Waals surface area contributed by atoms with Crippen LogP contribution in [0.2, 0.25) is 0 Å². The minimum Gasteiger partial charge on any atom is -0.369 e. The summed E-state index contributed by atoms with van der Waals surface area (Å²) in [7, 11) is 2.12. The van der Waals surface area contributed by atoms with Gasteiger partial charge in [-0.15, -0.1) is 0 Å². The molecule has 1 aliphatic rings. The van der Waals surface area contributed by atoms with E-state index in [0.29, 0.717) is 0 Å². The first-order valence-electron chi connectivity index (χ1n) is 7.35.